The quantitative estimate of drug-likeness (QED) is 0.746. The van der Waals surface area contributed by atoms with Gasteiger partial charge < -0.3 is 15.1 Å². The number of urea groups is 1. The summed E-state index contributed by atoms with van der Waals surface area (Å²) in [6.07, 6.45) is 0. The van der Waals surface area contributed by atoms with Gasteiger partial charge in [-0.3, -0.25) is 0 Å². The van der Waals surface area contributed by atoms with Gasteiger partial charge in [0.15, 0.2) is 10.9 Å². The van der Waals surface area contributed by atoms with Crippen molar-refractivity contribution in [3.05, 3.63) is 59.7 Å². The van der Waals surface area contributed by atoms with Gasteiger partial charge in [-0.1, -0.05) is 41.7 Å². The van der Waals surface area contributed by atoms with Gasteiger partial charge in [-0.2, -0.15) is 0 Å². The first-order valence-corrected chi connectivity index (χ1v) is 9.49. The molecule has 0 radical (unpaired) electrons. The maximum atomic E-state index is 13.8. The first-order valence-electron chi connectivity index (χ1n) is 8.67. The second-order valence-electron chi connectivity index (χ2n) is 6.35. The average molecular weight is 388 g/mol. The number of piperazine rings is 1. The van der Waals surface area contributed by atoms with E-state index in [0.717, 1.165) is 11.6 Å². The molecule has 2 amide bonds. The van der Waals surface area contributed by atoms with E-state index in [4.69, 9.17) is 0 Å². The number of benzene rings is 2. The summed E-state index contributed by atoms with van der Waals surface area (Å²) in [5.41, 5.74) is 1.24. The molecule has 0 aliphatic carbocycles. The number of aromatic nitrogens is 1. The van der Waals surface area contributed by atoms with Gasteiger partial charge in [0, 0.05) is 38.8 Å². The highest BCUT2D eigenvalue weighted by atomic mass is 32.1. The minimum Gasteiger partial charge on any atom is -0.345 e. The molecule has 140 valence electrons. The summed E-state index contributed by atoms with van der Waals surface area (Å²) in [7, 11) is 0. The van der Waals surface area contributed by atoms with Crippen molar-refractivity contribution in [1.82, 2.24) is 15.2 Å². The normalized spacial score (nSPS) is 14.6. The second kappa shape index (κ2) is 7.48. The summed E-state index contributed by atoms with van der Waals surface area (Å²) in [4.78, 5) is 20.4. The highest BCUT2D eigenvalue weighted by Crippen LogP contribution is 2.31. The van der Waals surface area contributed by atoms with Gasteiger partial charge in [0.25, 0.3) is 0 Å². The van der Waals surface area contributed by atoms with E-state index in [1.807, 2.05) is 35.2 Å². The van der Waals surface area contributed by atoms with E-state index in [9.17, 15) is 13.6 Å². The smallest absolute Gasteiger partial charge is 0.317 e. The Hall–Kier alpha value is -2.74. The number of halogens is 2. The minimum absolute atomic E-state index is 0.101. The monoisotopic (exact) mass is 388 g/mol. The lowest BCUT2D eigenvalue weighted by atomic mass is 10.2. The van der Waals surface area contributed by atoms with Crippen LogP contribution < -0.4 is 10.2 Å². The third-order valence-corrected chi connectivity index (χ3v) is 5.59. The molecule has 0 spiro atoms. The molecule has 4 rings (SSSR count). The van der Waals surface area contributed by atoms with Crippen LogP contribution in [-0.2, 0) is 6.54 Å². The Kier molecular flexibility index (Phi) is 4.89. The summed E-state index contributed by atoms with van der Waals surface area (Å²) in [6, 6.07) is 11.8. The summed E-state index contributed by atoms with van der Waals surface area (Å²) in [6.45, 7) is 2.79. The average Bonchev–Trinajstić information content (AvgIpc) is 3.11. The molecule has 3 aromatic rings. The first-order chi connectivity index (χ1) is 13.1. The van der Waals surface area contributed by atoms with Crippen LogP contribution in [0, 0.1) is 11.6 Å². The van der Waals surface area contributed by atoms with Gasteiger partial charge in [-0.15, -0.1) is 0 Å². The van der Waals surface area contributed by atoms with Crippen LogP contribution in [0.1, 0.15) is 5.56 Å². The number of carbonyl (C=O) groups excluding carboxylic acids is 1. The molecule has 5 nitrogen and oxygen atoms in total. The molecule has 1 fully saturated rings. The first kappa shape index (κ1) is 17.7. The molecule has 1 saturated heterocycles. The van der Waals surface area contributed by atoms with E-state index >= 15 is 0 Å². The highest BCUT2D eigenvalue weighted by molar-refractivity contribution is 7.22. The molecule has 1 aliphatic rings. The van der Waals surface area contributed by atoms with E-state index in [-0.39, 0.29) is 11.5 Å². The second-order valence-corrected chi connectivity index (χ2v) is 7.36. The molecular formula is C19H18F2N4OS. The Morgan fingerprint density at radius 3 is 2.59 bits per heavy atom. The SMILES string of the molecule is O=C(NCc1ccccc1)N1CCN(c2nc3c(F)cc(F)cc3s2)CC1. The van der Waals surface area contributed by atoms with Crippen LogP contribution in [0.2, 0.25) is 0 Å². The van der Waals surface area contributed by atoms with Crippen molar-refractivity contribution in [2.75, 3.05) is 31.1 Å². The molecule has 8 heteroatoms. The van der Waals surface area contributed by atoms with Gasteiger partial charge in [0.1, 0.15) is 11.3 Å². The zero-order chi connectivity index (χ0) is 18.8. The minimum atomic E-state index is -0.647. The predicted octanol–water partition coefficient (Wildman–Crippen LogP) is 3.61. The standard InChI is InChI=1S/C19H18F2N4OS/c20-14-10-15(21)17-16(11-14)27-19(23-17)25-8-6-24(7-9-25)18(26)22-12-13-4-2-1-3-5-13/h1-5,10-11H,6-9,12H2,(H,22,26). The van der Waals surface area contributed by atoms with E-state index < -0.39 is 11.6 Å². The maximum Gasteiger partial charge on any atom is 0.317 e. The Labute approximate surface area is 159 Å². The lowest BCUT2D eigenvalue weighted by molar-refractivity contribution is 0.194. The fraction of sp³-hybridized carbons (Fsp3) is 0.263. The van der Waals surface area contributed by atoms with Crippen molar-refractivity contribution in [1.29, 1.82) is 0 Å². The van der Waals surface area contributed by atoms with Crippen LogP contribution >= 0.6 is 11.3 Å². The zero-order valence-corrected chi connectivity index (χ0v) is 15.3. The Morgan fingerprint density at radius 2 is 1.85 bits per heavy atom. The van der Waals surface area contributed by atoms with E-state index in [1.165, 1.54) is 17.4 Å². The molecule has 0 saturated carbocycles. The van der Waals surface area contributed by atoms with E-state index in [0.29, 0.717) is 42.6 Å². The number of amides is 2. The van der Waals surface area contributed by atoms with Crippen molar-refractivity contribution >= 4 is 32.7 Å². The summed E-state index contributed by atoms with van der Waals surface area (Å²) in [5, 5.41) is 3.57. The van der Waals surface area contributed by atoms with E-state index in [1.54, 1.807) is 4.90 Å². The van der Waals surface area contributed by atoms with Gasteiger partial charge in [-0.25, -0.2) is 18.6 Å². The molecule has 1 aliphatic heterocycles. The van der Waals surface area contributed by atoms with Crippen LogP contribution in [0.5, 0.6) is 0 Å². The molecule has 0 atom stereocenters. The van der Waals surface area contributed by atoms with Crippen LogP contribution in [-0.4, -0.2) is 42.1 Å². The number of anilines is 1. The number of thiazole rings is 1. The number of nitrogens with one attached hydrogen (secondary N) is 1. The molecule has 2 aromatic carbocycles. The fourth-order valence-corrected chi connectivity index (χ4v) is 4.12. The molecule has 0 bridgehead atoms. The summed E-state index contributed by atoms with van der Waals surface area (Å²) < 4.78 is 27.7. The zero-order valence-electron chi connectivity index (χ0n) is 14.5. The number of nitrogens with zero attached hydrogens (tertiary/aromatic N) is 3. The van der Waals surface area contributed by atoms with Gasteiger partial charge in [-0.05, 0) is 11.6 Å². The Bertz CT molecular complexity index is 955. The Morgan fingerprint density at radius 1 is 1.11 bits per heavy atom. The lowest BCUT2D eigenvalue weighted by Crippen LogP contribution is -2.51. The van der Waals surface area contributed by atoms with Crippen LogP contribution in [0.4, 0.5) is 18.7 Å². The van der Waals surface area contributed by atoms with Crippen molar-refractivity contribution in [2.24, 2.45) is 0 Å². The van der Waals surface area contributed by atoms with Crippen LogP contribution in [0.3, 0.4) is 0 Å². The number of carbonyl (C=O) groups is 1. The third kappa shape index (κ3) is 3.85. The molecule has 1 aromatic heterocycles. The maximum absolute atomic E-state index is 13.8. The number of fused-ring (bicyclic) bond motifs is 1. The summed E-state index contributed by atoms with van der Waals surface area (Å²) in [5.74, 6) is -1.25. The molecule has 0 unspecified atom stereocenters. The van der Waals surface area contributed by atoms with Crippen LogP contribution in [0.25, 0.3) is 10.2 Å². The van der Waals surface area contributed by atoms with Crippen molar-refractivity contribution in [3.63, 3.8) is 0 Å². The fourth-order valence-electron chi connectivity index (χ4n) is 3.07. The van der Waals surface area contributed by atoms with Gasteiger partial charge >= 0.3 is 6.03 Å². The van der Waals surface area contributed by atoms with Gasteiger partial charge in [0.05, 0.1) is 4.70 Å². The largest absolute Gasteiger partial charge is 0.345 e. The highest BCUT2D eigenvalue weighted by Gasteiger charge is 2.23. The van der Waals surface area contributed by atoms with Crippen molar-refractivity contribution in [3.8, 4) is 0 Å². The molecular weight excluding hydrogens is 370 g/mol. The molecule has 1 N–H and O–H groups in total. The van der Waals surface area contributed by atoms with Crippen LogP contribution in [0.15, 0.2) is 42.5 Å². The predicted molar refractivity (Wildman–Crippen MR) is 102 cm³/mol. The molecule has 27 heavy (non-hydrogen) atoms. The number of hydrogen-bond acceptors (Lipinski definition) is 4. The Balaban J connectivity index is 1.36. The van der Waals surface area contributed by atoms with Crippen molar-refractivity contribution in [2.45, 2.75) is 6.54 Å². The number of rotatable bonds is 3. The van der Waals surface area contributed by atoms with Gasteiger partial charge in [0.2, 0.25) is 0 Å². The topological polar surface area (TPSA) is 48.5 Å². The lowest BCUT2D eigenvalue weighted by Gasteiger charge is -2.34. The number of hydrogen-bond donors (Lipinski definition) is 1. The van der Waals surface area contributed by atoms with E-state index in [2.05, 4.69) is 10.3 Å². The summed E-state index contributed by atoms with van der Waals surface area (Å²) >= 11 is 1.27. The van der Waals surface area contributed by atoms with Crippen molar-refractivity contribution < 1.29 is 13.6 Å². The third-order valence-electron chi connectivity index (χ3n) is 4.53. The molecule has 2 heterocycles.